The molecule has 6 heteroatoms. The third kappa shape index (κ3) is 5.30. The summed E-state index contributed by atoms with van der Waals surface area (Å²) in [5.74, 6) is 0.570. The van der Waals surface area contributed by atoms with E-state index in [-0.39, 0.29) is 6.61 Å². The van der Waals surface area contributed by atoms with Gasteiger partial charge in [0.2, 0.25) is 0 Å². The lowest BCUT2D eigenvalue weighted by Crippen LogP contribution is -2.52. The van der Waals surface area contributed by atoms with Crippen LogP contribution in [0.1, 0.15) is 63.8 Å². The molecule has 1 aliphatic heterocycles. The Kier molecular flexibility index (Phi) is 7.64. The van der Waals surface area contributed by atoms with E-state index in [1.807, 2.05) is 6.20 Å². The number of pyridine rings is 1. The lowest BCUT2D eigenvalue weighted by molar-refractivity contribution is 0.0619. The Hall–Kier alpha value is -1.47. The summed E-state index contributed by atoms with van der Waals surface area (Å²) in [4.78, 5) is 16.1. The Morgan fingerprint density at radius 3 is 2.55 bits per heavy atom. The normalized spacial score (nSPS) is 23.9. The molecular weight excluding hydrogens is 386 g/mol. The summed E-state index contributed by atoms with van der Waals surface area (Å²) >= 11 is 0. The van der Waals surface area contributed by atoms with Gasteiger partial charge in [-0.15, -0.1) is 0 Å². The van der Waals surface area contributed by atoms with Crippen LogP contribution in [0.15, 0.2) is 18.3 Å². The van der Waals surface area contributed by atoms with Gasteiger partial charge in [0.05, 0.1) is 12.3 Å². The highest BCUT2D eigenvalue weighted by Gasteiger charge is 2.30. The van der Waals surface area contributed by atoms with Crippen molar-refractivity contribution in [3.63, 3.8) is 0 Å². The monoisotopic (exact) mass is 427 g/mol. The molecule has 2 aromatic rings. The van der Waals surface area contributed by atoms with E-state index in [2.05, 4.69) is 52.6 Å². The minimum Gasteiger partial charge on any atom is -0.395 e. The van der Waals surface area contributed by atoms with Gasteiger partial charge in [0.25, 0.3) is 0 Å². The van der Waals surface area contributed by atoms with E-state index in [0.717, 1.165) is 19.1 Å². The number of nitrogens with one attached hydrogen (secondary N) is 1. The molecular formula is C25H41N5O. The van der Waals surface area contributed by atoms with Gasteiger partial charge in [-0.05, 0) is 58.2 Å². The second-order valence-electron chi connectivity index (χ2n) is 9.72. The number of aliphatic hydroxyl groups excluding tert-OH is 1. The average molecular weight is 428 g/mol. The average Bonchev–Trinajstić information content (AvgIpc) is 3.21. The van der Waals surface area contributed by atoms with Crippen molar-refractivity contribution in [2.24, 2.45) is 0 Å². The second-order valence-corrected chi connectivity index (χ2v) is 9.72. The predicted molar refractivity (Wildman–Crippen MR) is 127 cm³/mol. The molecule has 0 amide bonds. The summed E-state index contributed by atoms with van der Waals surface area (Å²) in [6, 6.07) is 5.83. The van der Waals surface area contributed by atoms with Crippen molar-refractivity contribution in [1.82, 2.24) is 24.7 Å². The minimum absolute atomic E-state index is 0.205. The molecule has 2 aromatic heterocycles. The Labute approximate surface area is 187 Å². The molecule has 1 saturated carbocycles. The van der Waals surface area contributed by atoms with Crippen LogP contribution in [0.2, 0.25) is 0 Å². The Balaban J connectivity index is 1.39. The predicted octanol–water partition coefficient (Wildman–Crippen LogP) is 3.43. The van der Waals surface area contributed by atoms with Gasteiger partial charge in [0, 0.05) is 80.1 Å². The Morgan fingerprint density at radius 2 is 1.90 bits per heavy atom. The zero-order valence-corrected chi connectivity index (χ0v) is 19.7. The number of fused-ring (bicyclic) bond motifs is 1. The molecule has 6 nitrogen and oxygen atoms in total. The van der Waals surface area contributed by atoms with Gasteiger partial charge in [0.15, 0.2) is 0 Å². The first-order valence-corrected chi connectivity index (χ1v) is 12.4. The molecule has 0 spiro atoms. The van der Waals surface area contributed by atoms with Crippen LogP contribution in [0, 0.1) is 0 Å². The van der Waals surface area contributed by atoms with Crippen molar-refractivity contribution in [3.05, 3.63) is 29.7 Å². The minimum atomic E-state index is 0.205. The smallest absolute Gasteiger partial charge is 0.0558 e. The highest BCUT2D eigenvalue weighted by Crippen LogP contribution is 2.37. The number of aromatic nitrogens is 2. The molecule has 31 heavy (non-hydrogen) atoms. The number of hydrogen-bond donors (Lipinski definition) is 2. The molecule has 0 radical (unpaired) electrons. The topological polar surface area (TPSA) is 58.6 Å². The van der Waals surface area contributed by atoms with Gasteiger partial charge >= 0.3 is 0 Å². The third-order valence-corrected chi connectivity index (χ3v) is 7.57. The van der Waals surface area contributed by atoms with Crippen LogP contribution >= 0.6 is 0 Å². The molecule has 1 aliphatic carbocycles. The standard InChI is InChI=1S/C25H41N5O/c1-4-28(15-16-31)18-21-17-23-24(27-21)9-10-26-25(23)20-5-7-22(8-6-20)30-13-11-29(12-14-30)19(2)3/h9-10,17,19-20,22,27,31H,4-8,11-16,18H2,1-3H3. The van der Waals surface area contributed by atoms with Gasteiger partial charge in [-0.1, -0.05) is 6.92 Å². The Morgan fingerprint density at radius 1 is 1.16 bits per heavy atom. The number of rotatable bonds is 8. The van der Waals surface area contributed by atoms with Crippen LogP contribution in [0.5, 0.6) is 0 Å². The third-order valence-electron chi connectivity index (χ3n) is 7.57. The fourth-order valence-electron chi connectivity index (χ4n) is 5.61. The molecule has 172 valence electrons. The fraction of sp³-hybridized carbons (Fsp3) is 0.720. The number of likely N-dealkylation sites (N-methyl/N-ethyl adjacent to an activating group) is 1. The molecule has 0 bridgehead atoms. The summed E-state index contributed by atoms with van der Waals surface area (Å²) in [5.41, 5.74) is 3.71. The van der Waals surface area contributed by atoms with Crippen LogP contribution in [0.3, 0.4) is 0 Å². The maximum atomic E-state index is 9.28. The maximum Gasteiger partial charge on any atom is 0.0558 e. The van der Waals surface area contributed by atoms with E-state index in [4.69, 9.17) is 4.98 Å². The SMILES string of the molecule is CCN(CCO)Cc1cc2c(C3CCC(N4CCN(C(C)C)CC4)CC3)nccc2[nH]1. The van der Waals surface area contributed by atoms with Crippen molar-refractivity contribution in [2.75, 3.05) is 45.9 Å². The molecule has 3 heterocycles. The molecule has 0 aromatic carbocycles. The van der Waals surface area contributed by atoms with Crippen molar-refractivity contribution in [3.8, 4) is 0 Å². The van der Waals surface area contributed by atoms with Gasteiger partial charge in [0.1, 0.15) is 0 Å². The highest BCUT2D eigenvalue weighted by molar-refractivity contribution is 5.83. The van der Waals surface area contributed by atoms with Crippen LogP contribution in [-0.2, 0) is 6.54 Å². The molecule has 1 saturated heterocycles. The zero-order chi connectivity index (χ0) is 21.8. The quantitative estimate of drug-likeness (QED) is 0.676. The highest BCUT2D eigenvalue weighted by atomic mass is 16.3. The van der Waals surface area contributed by atoms with Gasteiger partial charge in [-0.25, -0.2) is 0 Å². The molecule has 4 rings (SSSR count). The number of aromatic amines is 1. The molecule has 2 N–H and O–H groups in total. The van der Waals surface area contributed by atoms with Crippen molar-refractivity contribution in [1.29, 1.82) is 0 Å². The first-order chi connectivity index (χ1) is 15.1. The van der Waals surface area contributed by atoms with E-state index < -0.39 is 0 Å². The second kappa shape index (κ2) is 10.4. The molecule has 0 atom stereocenters. The maximum absolute atomic E-state index is 9.28. The van der Waals surface area contributed by atoms with E-state index in [9.17, 15) is 5.11 Å². The summed E-state index contributed by atoms with van der Waals surface area (Å²) in [6.07, 6.45) is 7.05. The fourth-order valence-corrected chi connectivity index (χ4v) is 5.61. The first-order valence-electron chi connectivity index (χ1n) is 12.4. The van der Waals surface area contributed by atoms with Crippen molar-refractivity contribution in [2.45, 2.75) is 71.0 Å². The largest absolute Gasteiger partial charge is 0.395 e. The summed E-state index contributed by atoms with van der Waals surface area (Å²) < 4.78 is 0. The summed E-state index contributed by atoms with van der Waals surface area (Å²) in [7, 11) is 0. The van der Waals surface area contributed by atoms with Crippen LogP contribution in [-0.4, -0.2) is 87.7 Å². The van der Waals surface area contributed by atoms with Crippen LogP contribution in [0.25, 0.3) is 10.9 Å². The summed E-state index contributed by atoms with van der Waals surface area (Å²) in [5, 5.41) is 10.6. The zero-order valence-electron chi connectivity index (χ0n) is 19.7. The number of H-pyrrole nitrogens is 1. The molecule has 2 aliphatic rings. The van der Waals surface area contributed by atoms with E-state index in [1.165, 1.54) is 74.2 Å². The van der Waals surface area contributed by atoms with E-state index in [0.29, 0.717) is 18.5 Å². The molecule has 0 unspecified atom stereocenters. The number of piperazine rings is 1. The lowest BCUT2D eigenvalue weighted by atomic mass is 9.82. The number of aliphatic hydroxyl groups is 1. The lowest BCUT2D eigenvalue weighted by Gasteiger charge is -2.43. The van der Waals surface area contributed by atoms with Crippen molar-refractivity contribution >= 4 is 10.9 Å². The van der Waals surface area contributed by atoms with E-state index >= 15 is 0 Å². The van der Waals surface area contributed by atoms with Gasteiger partial charge in [-0.2, -0.15) is 0 Å². The number of nitrogens with zero attached hydrogens (tertiary/aromatic N) is 4. The number of hydrogen-bond acceptors (Lipinski definition) is 5. The molecule has 2 fully saturated rings. The van der Waals surface area contributed by atoms with Crippen LogP contribution in [0.4, 0.5) is 0 Å². The summed E-state index contributed by atoms with van der Waals surface area (Å²) in [6.45, 7) is 14.4. The Bertz CT molecular complexity index is 818. The van der Waals surface area contributed by atoms with Crippen LogP contribution < -0.4 is 0 Å². The van der Waals surface area contributed by atoms with Gasteiger partial charge in [-0.3, -0.25) is 19.7 Å². The first kappa shape index (κ1) is 22.7. The van der Waals surface area contributed by atoms with Crippen molar-refractivity contribution < 1.29 is 5.11 Å². The van der Waals surface area contributed by atoms with E-state index in [1.54, 1.807) is 0 Å². The van der Waals surface area contributed by atoms with Gasteiger partial charge < -0.3 is 10.1 Å².